The van der Waals surface area contributed by atoms with Crippen LogP contribution < -0.4 is 4.74 Å². The van der Waals surface area contributed by atoms with Gasteiger partial charge in [-0.1, -0.05) is 64.5 Å². The highest BCUT2D eigenvalue weighted by Crippen LogP contribution is 2.29. The lowest BCUT2D eigenvalue weighted by atomic mass is 9.98. The van der Waals surface area contributed by atoms with E-state index in [1.54, 1.807) is 7.11 Å². The van der Waals surface area contributed by atoms with E-state index in [4.69, 9.17) is 4.74 Å². The van der Waals surface area contributed by atoms with Crippen LogP contribution in [0.2, 0.25) is 0 Å². The average molecular weight is 341 g/mol. The van der Waals surface area contributed by atoms with Crippen molar-refractivity contribution in [3.8, 4) is 5.75 Å². The molecule has 0 aromatic heterocycles. The first kappa shape index (κ1) is 14.2. The Kier molecular flexibility index (Phi) is 4.26. The molecule has 2 heteroatoms. The predicted molar refractivity (Wildman–Crippen MR) is 92.1 cm³/mol. The van der Waals surface area contributed by atoms with Crippen molar-refractivity contribution in [3.05, 3.63) is 76.3 Å². The molecule has 0 aliphatic carbocycles. The zero-order chi connectivity index (χ0) is 14.7. The van der Waals surface area contributed by atoms with Crippen molar-refractivity contribution in [2.75, 3.05) is 7.11 Å². The van der Waals surface area contributed by atoms with E-state index < -0.39 is 0 Å². The van der Waals surface area contributed by atoms with Crippen molar-refractivity contribution in [2.45, 2.75) is 12.8 Å². The number of hydrogen-bond donors (Lipinski definition) is 0. The average Bonchev–Trinajstić information content (AvgIpc) is 2.54. The monoisotopic (exact) mass is 340 g/mol. The Morgan fingerprint density at radius 3 is 2.19 bits per heavy atom. The van der Waals surface area contributed by atoms with Crippen LogP contribution in [0.5, 0.6) is 5.75 Å². The molecule has 1 nitrogen and oxygen atoms in total. The van der Waals surface area contributed by atoms with Gasteiger partial charge in [0.25, 0.3) is 0 Å². The van der Waals surface area contributed by atoms with E-state index in [2.05, 4.69) is 76.6 Å². The number of methoxy groups -OCH3 is 1. The van der Waals surface area contributed by atoms with Gasteiger partial charge in [-0.05, 0) is 41.5 Å². The summed E-state index contributed by atoms with van der Waals surface area (Å²) in [6.07, 6.45) is 2.05. The zero-order valence-corrected chi connectivity index (χ0v) is 13.6. The van der Waals surface area contributed by atoms with Crippen molar-refractivity contribution >= 4 is 26.7 Å². The molecule has 0 aliphatic heterocycles. The molecule has 0 amide bonds. The molecule has 0 N–H and O–H groups in total. The molecular weight excluding hydrogens is 324 g/mol. The largest absolute Gasteiger partial charge is 0.496 e. The second kappa shape index (κ2) is 6.31. The van der Waals surface area contributed by atoms with Gasteiger partial charge < -0.3 is 4.74 Å². The maximum Gasteiger partial charge on any atom is 0.126 e. The number of halogens is 1. The van der Waals surface area contributed by atoms with E-state index in [1.165, 1.54) is 26.4 Å². The van der Waals surface area contributed by atoms with Gasteiger partial charge in [-0.3, -0.25) is 0 Å². The van der Waals surface area contributed by atoms with Crippen LogP contribution in [-0.4, -0.2) is 7.11 Å². The fraction of sp³-hybridized carbons (Fsp3) is 0.158. The number of benzene rings is 3. The van der Waals surface area contributed by atoms with Crippen molar-refractivity contribution in [3.63, 3.8) is 0 Å². The first-order chi connectivity index (χ1) is 10.3. The Labute approximate surface area is 133 Å². The van der Waals surface area contributed by atoms with Gasteiger partial charge in [-0.15, -0.1) is 0 Å². The molecule has 3 aromatic rings. The maximum absolute atomic E-state index is 5.46. The summed E-state index contributed by atoms with van der Waals surface area (Å²) in [4.78, 5) is 0. The summed E-state index contributed by atoms with van der Waals surface area (Å²) in [5.41, 5.74) is 2.71. The number of hydrogen-bond acceptors (Lipinski definition) is 1. The Balaban J connectivity index is 1.93. The van der Waals surface area contributed by atoms with Crippen LogP contribution in [0.25, 0.3) is 10.8 Å². The normalized spacial score (nSPS) is 10.8. The molecule has 0 saturated heterocycles. The van der Waals surface area contributed by atoms with Gasteiger partial charge in [0.05, 0.1) is 7.11 Å². The molecule has 3 aromatic carbocycles. The predicted octanol–water partition coefficient (Wildman–Crippen LogP) is 5.40. The maximum atomic E-state index is 5.46. The second-order valence-corrected chi connectivity index (χ2v) is 5.92. The van der Waals surface area contributed by atoms with E-state index in [0.717, 1.165) is 18.6 Å². The Bertz CT molecular complexity index is 764. The standard InChI is InChI=1S/C19H17BrO/c1-21-19-13-12-14(16-7-3-4-8-17(16)19)10-11-15-6-2-5-9-18(15)20/h2-9,12-13H,10-11H2,1H3. The van der Waals surface area contributed by atoms with Crippen LogP contribution in [0.15, 0.2) is 65.1 Å². The fourth-order valence-corrected chi connectivity index (χ4v) is 3.18. The van der Waals surface area contributed by atoms with Crippen LogP contribution in [0.3, 0.4) is 0 Å². The third-order valence-corrected chi connectivity index (χ3v) is 4.59. The van der Waals surface area contributed by atoms with E-state index in [1.807, 2.05) is 0 Å². The second-order valence-electron chi connectivity index (χ2n) is 5.06. The topological polar surface area (TPSA) is 9.23 Å². The molecule has 0 aliphatic rings. The van der Waals surface area contributed by atoms with Crippen LogP contribution in [0, 0.1) is 0 Å². The highest BCUT2D eigenvalue weighted by atomic mass is 79.9. The van der Waals surface area contributed by atoms with Gasteiger partial charge in [-0.25, -0.2) is 0 Å². The highest BCUT2D eigenvalue weighted by Gasteiger charge is 2.07. The molecule has 3 rings (SSSR count). The SMILES string of the molecule is COc1ccc(CCc2ccccc2Br)c2ccccc12. The number of fused-ring (bicyclic) bond motifs is 1. The van der Waals surface area contributed by atoms with Crippen molar-refractivity contribution < 1.29 is 4.74 Å². The van der Waals surface area contributed by atoms with Gasteiger partial charge >= 0.3 is 0 Å². The van der Waals surface area contributed by atoms with Gasteiger partial charge in [0.1, 0.15) is 5.75 Å². The molecule has 21 heavy (non-hydrogen) atoms. The minimum atomic E-state index is 0.940. The van der Waals surface area contributed by atoms with Crippen LogP contribution in [0.1, 0.15) is 11.1 Å². The van der Waals surface area contributed by atoms with Gasteiger partial charge in [-0.2, -0.15) is 0 Å². The summed E-state index contributed by atoms with van der Waals surface area (Å²) in [7, 11) is 1.72. The van der Waals surface area contributed by atoms with E-state index in [0.29, 0.717) is 0 Å². The molecule has 0 saturated carbocycles. The third kappa shape index (κ3) is 2.96. The molecule has 0 atom stereocenters. The fourth-order valence-electron chi connectivity index (χ4n) is 2.70. The molecule has 106 valence electrons. The number of rotatable bonds is 4. The minimum absolute atomic E-state index is 0.940. The van der Waals surface area contributed by atoms with Crippen LogP contribution in [-0.2, 0) is 12.8 Å². The Morgan fingerprint density at radius 1 is 0.762 bits per heavy atom. The summed E-state index contributed by atoms with van der Waals surface area (Å²) in [5.74, 6) is 0.940. The molecular formula is C19H17BrO. The number of ether oxygens (including phenoxy) is 1. The van der Waals surface area contributed by atoms with Gasteiger partial charge in [0.15, 0.2) is 0 Å². The molecule has 0 unspecified atom stereocenters. The van der Waals surface area contributed by atoms with Crippen molar-refractivity contribution in [2.24, 2.45) is 0 Å². The molecule has 0 heterocycles. The first-order valence-electron chi connectivity index (χ1n) is 7.07. The van der Waals surface area contributed by atoms with Crippen LogP contribution >= 0.6 is 15.9 Å². The Hall–Kier alpha value is -1.80. The minimum Gasteiger partial charge on any atom is -0.496 e. The van der Waals surface area contributed by atoms with E-state index >= 15 is 0 Å². The highest BCUT2D eigenvalue weighted by molar-refractivity contribution is 9.10. The summed E-state index contributed by atoms with van der Waals surface area (Å²) >= 11 is 3.62. The zero-order valence-electron chi connectivity index (χ0n) is 12.0. The van der Waals surface area contributed by atoms with E-state index in [9.17, 15) is 0 Å². The quantitative estimate of drug-likeness (QED) is 0.618. The molecule has 0 bridgehead atoms. The summed E-state index contributed by atoms with van der Waals surface area (Å²) < 4.78 is 6.64. The lowest BCUT2D eigenvalue weighted by Crippen LogP contribution is -1.95. The lowest BCUT2D eigenvalue weighted by molar-refractivity contribution is 0.419. The molecule has 0 fully saturated rings. The van der Waals surface area contributed by atoms with Crippen molar-refractivity contribution in [1.82, 2.24) is 0 Å². The first-order valence-corrected chi connectivity index (χ1v) is 7.87. The summed E-state index contributed by atoms with van der Waals surface area (Å²) in [6.45, 7) is 0. The van der Waals surface area contributed by atoms with E-state index in [-0.39, 0.29) is 0 Å². The van der Waals surface area contributed by atoms with Gasteiger partial charge in [0, 0.05) is 9.86 Å². The molecule has 0 spiro atoms. The smallest absolute Gasteiger partial charge is 0.126 e. The third-order valence-electron chi connectivity index (χ3n) is 3.82. The number of aryl methyl sites for hydroxylation is 2. The Morgan fingerprint density at radius 2 is 1.43 bits per heavy atom. The molecule has 0 radical (unpaired) electrons. The van der Waals surface area contributed by atoms with Crippen LogP contribution in [0.4, 0.5) is 0 Å². The summed E-state index contributed by atoms with van der Waals surface area (Å²) in [6, 6.07) is 21.1. The van der Waals surface area contributed by atoms with Crippen molar-refractivity contribution in [1.29, 1.82) is 0 Å². The summed E-state index contributed by atoms with van der Waals surface area (Å²) in [5, 5.41) is 2.47. The van der Waals surface area contributed by atoms with Gasteiger partial charge in [0.2, 0.25) is 0 Å². The lowest BCUT2D eigenvalue weighted by Gasteiger charge is -2.11.